The third-order valence-corrected chi connectivity index (χ3v) is 18.9. The summed E-state index contributed by atoms with van der Waals surface area (Å²) in [6, 6.07) is 43.2. The topological polar surface area (TPSA) is 11.4 Å². The number of rotatable bonds is 8. The SMILES string of the molecule is [2H]c1c([2H])c(-c2c([2H])c(C(C)(C)C)c([2H])c(C(C)(C)C)c2[2H])c([2H])c2c1B1c3c(cc(C(C)(C)C)cc3N(c3c(-c4ccccc4)cc(C(C)(C)C)cc3-c3ccccc3)c3c([2H])c(-n4c5c([2H])c([2H])c([2H])c([2H])c5c5c([2H])c([2H])c([2H])c([2H])c54)c([2H])c([2H])c31)N2c1c(-c2ccccc2)cc(C(C)(C)C)cc1-c1ccccc1. The van der Waals surface area contributed by atoms with Crippen LogP contribution in [0.3, 0.4) is 0 Å². The van der Waals surface area contributed by atoms with Gasteiger partial charge in [0.1, 0.15) is 0 Å². The highest BCUT2D eigenvalue weighted by molar-refractivity contribution is 7.00. The Morgan fingerprint density at radius 2 is 0.646 bits per heavy atom. The zero-order chi connectivity index (χ0) is 81.8. The molecule has 3 heterocycles. The Bertz CT molecular complexity index is 5980. The number of hydrogen-bond acceptors (Lipinski definition) is 2. The molecule has 0 saturated carbocycles. The third kappa shape index (κ3) is 10.8. The minimum atomic E-state index is -1.48. The number of hydrogen-bond donors (Lipinski definition) is 0. The van der Waals surface area contributed by atoms with Crippen molar-refractivity contribution in [2.45, 2.75) is 131 Å². The molecule has 2 aliphatic rings. The lowest BCUT2D eigenvalue weighted by atomic mass is 9.33. The average molecular weight is 1260 g/mol. The van der Waals surface area contributed by atoms with Gasteiger partial charge in [-0.05, 0) is 171 Å². The van der Waals surface area contributed by atoms with Crippen LogP contribution in [0.2, 0.25) is 0 Å². The Morgan fingerprint density at radius 1 is 0.302 bits per heavy atom. The van der Waals surface area contributed by atoms with Gasteiger partial charge in [0.25, 0.3) is 6.71 Å². The van der Waals surface area contributed by atoms with E-state index in [0.29, 0.717) is 50.5 Å². The first-order valence-electron chi connectivity index (χ1n) is 41.7. The van der Waals surface area contributed by atoms with Crippen LogP contribution in [0.4, 0.5) is 34.1 Å². The van der Waals surface area contributed by atoms with E-state index in [0.717, 1.165) is 43.5 Å². The Labute approximate surface area is 594 Å². The van der Waals surface area contributed by atoms with E-state index in [4.69, 9.17) is 2.74 Å². The van der Waals surface area contributed by atoms with Crippen molar-refractivity contribution < 1.29 is 23.3 Å². The van der Waals surface area contributed by atoms with Crippen LogP contribution in [0.15, 0.2) is 260 Å². The van der Waals surface area contributed by atoms with E-state index in [1.54, 1.807) is 0 Å². The van der Waals surface area contributed by atoms with E-state index in [9.17, 15) is 20.6 Å². The Hall–Kier alpha value is -9.90. The van der Waals surface area contributed by atoms with E-state index >= 15 is 0 Å². The highest BCUT2D eigenvalue weighted by atomic mass is 15.2. The molecule has 13 aromatic rings. The minimum Gasteiger partial charge on any atom is -0.310 e. The molecular weight excluding hydrogens is 1160 g/mol. The van der Waals surface area contributed by atoms with Gasteiger partial charge in [-0.25, -0.2) is 0 Å². The molecule has 4 heteroatoms. The van der Waals surface area contributed by atoms with Crippen LogP contribution in [0, 0.1) is 0 Å². The monoisotopic (exact) mass is 1260 g/mol. The third-order valence-electron chi connectivity index (χ3n) is 18.9. The van der Waals surface area contributed by atoms with Crippen molar-refractivity contribution in [3.8, 4) is 61.3 Å². The van der Waals surface area contributed by atoms with Gasteiger partial charge in [0.05, 0.1) is 45.7 Å². The number of para-hydroxylation sites is 2. The fourth-order valence-corrected chi connectivity index (χ4v) is 13.6. The smallest absolute Gasteiger partial charge is 0.252 e. The first-order chi connectivity index (χ1) is 52.9. The van der Waals surface area contributed by atoms with E-state index in [1.807, 2.05) is 173 Å². The molecule has 474 valence electrons. The number of aromatic nitrogens is 1. The molecule has 0 bridgehead atoms. The first kappa shape index (κ1) is 45.5. The van der Waals surface area contributed by atoms with Crippen molar-refractivity contribution in [1.29, 1.82) is 0 Å². The van der Waals surface area contributed by atoms with Gasteiger partial charge in [0, 0.05) is 61.5 Å². The lowest BCUT2D eigenvalue weighted by Gasteiger charge is -2.47. The second-order valence-electron chi connectivity index (χ2n) is 30.9. The van der Waals surface area contributed by atoms with Crippen molar-refractivity contribution in [3.05, 3.63) is 288 Å². The van der Waals surface area contributed by atoms with Crippen LogP contribution in [0.25, 0.3) is 83.1 Å². The molecular formula is C92H88BN3. The lowest BCUT2D eigenvalue weighted by Crippen LogP contribution is -2.61. The predicted molar refractivity (Wildman–Crippen MR) is 415 cm³/mol. The van der Waals surface area contributed by atoms with Crippen LogP contribution in [-0.2, 0) is 27.1 Å². The predicted octanol–water partition coefficient (Wildman–Crippen LogP) is 23.7. The summed E-state index contributed by atoms with van der Waals surface area (Å²) in [5, 5.41) is -0.595. The van der Waals surface area contributed by atoms with Gasteiger partial charge < -0.3 is 14.4 Å². The fraction of sp³-hybridized carbons (Fsp3) is 0.217. The maximum Gasteiger partial charge on any atom is 0.252 e. The average Bonchev–Trinajstić information content (AvgIpc) is 1.66. The maximum atomic E-state index is 11.7. The number of anilines is 6. The molecule has 0 N–H and O–H groups in total. The summed E-state index contributed by atoms with van der Waals surface area (Å²) in [4.78, 5) is 4.00. The minimum absolute atomic E-state index is 0.00813. The van der Waals surface area contributed by atoms with Crippen LogP contribution < -0.4 is 26.2 Å². The Balaban J connectivity index is 1.26. The molecule has 0 amide bonds. The summed E-state index contributed by atoms with van der Waals surface area (Å²) in [7, 11) is 0. The van der Waals surface area contributed by atoms with Crippen LogP contribution in [-0.4, -0.2) is 11.3 Å². The summed E-state index contributed by atoms with van der Waals surface area (Å²) < 4.78 is 175. The summed E-state index contributed by atoms with van der Waals surface area (Å²) in [5.41, 5.74) is 6.17. The molecule has 1 aromatic heterocycles. The van der Waals surface area contributed by atoms with Crippen LogP contribution in [0.1, 0.15) is 155 Å². The summed E-state index contributed by atoms with van der Waals surface area (Å²) in [6.45, 7) is 29.0. The number of benzene rings is 12. The first-order valence-corrected chi connectivity index (χ1v) is 33.2. The van der Waals surface area contributed by atoms with Gasteiger partial charge in [-0.15, -0.1) is 0 Å². The van der Waals surface area contributed by atoms with E-state index in [-0.39, 0.29) is 90.5 Å². The second-order valence-corrected chi connectivity index (χ2v) is 30.9. The fourth-order valence-electron chi connectivity index (χ4n) is 13.6. The van der Waals surface area contributed by atoms with Crippen molar-refractivity contribution >= 4 is 79.0 Å². The molecule has 12 aromatic carbocycles. The largest absolute Gasteiger partial charge is 0.310 e. The zero-order valence-electron chi connectivity index (χ0n) is 74.4. The van der Waals surface area contributed by atoms with Crippen LogP contribution in [0.5, 0.6) is 0 Å². The van der Waals surface area contributed by atoms with Gasteiger partial charge in [0.15, 0.2) is 0 Å². The lowest BCUT2D eigenvalue weighted by molar-refractivity contribution is 0.569. The van der Waals surface area contributed by atoms with Crippen molar-refractivity contribution in [1.82, 2.24) is 4.57 Å². The summed E-state index contributed by atoms with van der Waals surface area (Å²) in [5.74, 6) is 0. The van der Waals surface area contributed by atoms with E-state index in [2.05, 4.69) is 98.7 Å². The molecule has 0 unspecified atom stereocenters. The molecule has 0 spiro atoms. The maximum absolute atomic E-state index is 11.7. The number of nitrogens with zero attached hydrogens (tertiary/aromatic N) is 3. The molecule has 0 aliphatic carbocycles. The van der Waals surface area contributed by atoms with Crippen molar-refractivity contribution in [2.75, 3.05) is 9.80 Å². The summed E-state index contributed by atoms with van der Waals surface area (Å²) in [6.07, 6.45) is 0. The highest BCUT2D eigenvalue weighted by Gasteiger charge is 2.47. The van der Waals surface area contributed by atoms with Gasteiger partial charge in [0.2, 0.25) is 0 Å². The second kappa shape index (κ2) is 22.9. The number of fused-ring (bicyclic) bond motifs is 7. The normalized spacial score (nSPS) is 15.8. The molecule has 15 rings (SSSR count). The molecule has 0 fully saturated rings. The molecule has 0 saturated heterocycles. The van der Waals surface area contributed by atoms with Gasteiger partial charge in [-0.1, -0.05) is 298 Å². The van der Waals surface area contributed by atoms with Gasteiger partial charge in [-0.3, -0.25) is 0 Å². The highest BCUT2D eigenvalue weighted by Crippen LogP contribution is 2.56. The summed E-state index contributed by atoms with van der Waals surface area (Å²) >= 11 is 0. The van der Waals surface area contributed by atoms with E-state index in [1.165, 1.54) is 0 Å². The van der Waals surface area contributed by atoms with Crippen LogP contribution >= 0.6 is 0 Å². The molecule has 96 heavy (non-hydrogen) atoms. The van der Waals surface area contributed by atoms with Gasteiger partial charge in [-0.2, -0.15) is 0 Å². The Morgan fingerprint density at radius 3 is 1.02 bits per heavy atom. The van der Waals surface area contributed by atoms with Crippen molar-refractivity contribution in [3.63, 3.8) is 0 Å². The Kier molecular flexibility index (Phi) is 10.9. The zero-order valence-corrected chi connectivity index (χ0v) is 57.4. The molecule has 3 nitrogen and oxygen atoms in total. The standard InChI is InChI=1S/C92H88BN3/c1-88(2,3)65-48-64(49-66(51-65)89(4,5)6)63-44-46-77-81(50-63)95(86-73(59-32-20-16-21-33-59)52-67(90(7,8)9)53-74(86)60-34-22-17-23-35-60)83-56-69(92(13,14)15)57-84-85(83)93(77)78-47-45-70(94-79-42-30-28-40-71(79)72-41-29-31-43-80(72)94)58-82(78)96(84)87-75(61-36-24-18-25-37-61)54-68(91(10,11)12)55-76(87)62-38-26-19-27-39-62/h16-58H,1-15H3/i28D,29D,30D,31D,40D,41D,42D,43D,44D,45D,46D,47D,48D,49D,50D,51D,58D. The molecule has 0 atom stereocenters. The quantitative estimate of drug-likeness (QED) is 0.141. The molecule has 0 radical (unpaired) electrons. The van der Waals surface area contributed by atoms with E-state index < -0.39 is 118 Å². The van der Waals surface area contributed by atoms with Crippen molar-refractivity contribution in [2.24, 2.45) is 0 Å². The van der Waals surface area contributed by atoms with Gasteiger partial charge >= 0.3 is 0 Å². The molecule has 2 aliphatic heterocycles.